The van der Waals surface area contributed by atoms with E-state index in [9.17, 15) is 17.6 Å². The Morgan fingerprint density at radius 3 is 2.27 bits per heavy atom. The molecule has 6 heteroatoms. The number of hydrogen-bond donors (Lipinski definition) is 1. The van der Waals surface area contributed by atoms with Crippen molar-refractivity contribution in [2.24, 2.45) is 0 Å². The van der Waals surface area contributed by atoms with Crippen LogP contribution in [-0.2, 0) is 10.0 Å². The maximum atomic E-state index is 13.4. The Balaban J connectivity index is 1.98. The number of ketones is 1. The van der Waals surface area contributed by atoms with Gasteiger partial charge in [-0.2, -0.15) is 0 Å². The molecule has 26 heavy (non-hydrogen) atoms. The molecule has 0 amide bonds. The summed E-state index contributed by atoms with van der Waals surface area (Å²) in [6.45, 7) is 1.49. The number of hydrogen-bond acceptors (Lipinski definition) is 3. The highest BCUT2D eigenvalue weighted by Gasteiger charge is 2.20. The molecule has 0 radical (unpaired) electrons. The minimum atomic E-state index is -3.96. The number of halogens is 1. The van der Waals surface area contributed by atoms with Gasteiger partial charge in [-0.1, -0.05) is 42.5 Å². The molecule has 0 saturated heterocycles. The summed E-state index contributed by atoms with van der Waals surface area (Å²) in [4.78, 5) is 12.6. The molecule has 0 atom stereocenters. The zero-order chi connectivity index (χ0) is 18.7. The summed E-state index contributed by atoms with van der Waals surface area (Å²) in [5, 5.41) is 0. The molecule has 0 spiro atoms. The number of carbonyl (C=O) groups is 1. The summed E-state index contributed by atoms with van der Waals surface area (Å²) >= 11 is 0. The number of rotatable bonds is 5. The van der Waals surface area contributed by atoms with Gasteiger partial charge in [0.05, 0.1) is 10.6 Å². The largest absolute Gasteiger partial charge is 0.289 e. The molecule has 132 valence electrons. The Hall–Kier alpha value is -2.99. The third kappa shape index (κ3) is 3.65. The van der Waals surface area contributed by atoms with Crippen molar-refractivity contribution in [1.29, 1.82) is 0 Å². The molecule has 4 nitrogen and oxygen atoms in total. The van der Waals surface area contributed by atoms with E-state index in [2.05, 4.69) is 4.72 Å². The van der Waals surface area contributed by atoms with E-state index in [0.717, 1.165) is 6.07 Å². The van der Waals surface area contributed by atoms with E-state index in [1.165, 1.54) is 25.1 Å². The highest BCUT2D eigenvalue weighted by molar-refractivity contribution is 7.92. The first-order valence-corrected chi connectivity index (χ1v) is 9.34. The van der Waals surface area contributed by atoms with Gasteiger partial charge in [0.15, 0.2) is 5.78 Å². The van der Waals surface area contributed by atoms with Gasteiger partial charge in [-0.05, 0) is 42.8 Å². The lowest BCUT2D eigenvalue weighted by Gasteiger charge is -2.12. The average molecular weight is 369 g/mol. The lowest BCUT2D eigenvalue weighted by atomic mass is 10.0. The number of anilines is 1. The molecule has 0 fully saturated rings. The maximum absolute atomic E-state index is 13.4. The highest BCUT2D eigenvalue weighted by Crippen LogP contribution is 2.23. The van der Waals surface area contributed by atoms with Crippen LogP contribution < -0.4 is 4.72 Å². The van der Waals surface area contributed by atoms with E-state index in [1.807, 2.05) is 0 Å². The van der Waals surface area contributed by atoms with Crippen LogP contribution >= 0.6 is 0 Å². The summed E-state index contributed by atoms with van der Waals surface area (Å²) in [6, 6.07) is 18.5. The van der Waals surface area contributed by atoms with Crippen LogP contribution in [0, 0.1) is 12.7 Å². The summed E-state index contributed by atoms with van der Waals surface area (Å²) in [7, 11) is -3.96. The van der Waals surface area contributed by atoms with E-state index in [1.54, 1.807) is 48.5 Å². The second kappa shape index (κ2) is 7.09. The van der Waals surface area contributed by atoms with Crippen molar-refractivity contribution in [3.63, 3.8) is 0 Å². The molecule has 0 heterocycles. The molecule has 0 aliphatic rings. The Labute approximate surface area is 151 Å². The molecule has 0 aliphatic heterocycles. The standard InChI is InChI=1S/C20H16FNO3S/c1-14-13-16(11-12-18(14)21)26(24,25)22-19-10-6-5-9-17(19)20(23)15-7-3-2-4-8-15/h2-13,22H,1H3. The van der Waals surface area contributed by atoms with Gasteiger partial charge >= 0.3 is 0 Å². The van der Waals surface area contributed by atoms with Crippen LogP contribution in [0.2, 0.25) is 0 Å². The number of sulfonamides is 1. The number of aryl methyl sites for hydroxylation is 1. The van der Waals surface area contributed by atoms with Crippen molar-refractivity contribution in [3.8, 4) is 0 Å². The third-order valence-corrected chi connectivity index (χ3v) is 5.25. The van der Waals surface area contributed by atoms with Crippen LogP contribution in [0.3, 0.4) is 0 Å². The first kappa shape index (κ1) is 17.8. The zero-order valence-electron chi connectivity index (χ0n) is 13.9. The van der Waals surface area contributed by atoms with Gasteiger partial charge < -0.3 is 0 Å². The Morgan fingerprint density at radius 2 is 1.58 bits per heavy atom. The molecule has 1 N–H and O–H groups in total. The third-order valence-electron chi connectivity index (χ3n) is 3.89. The molecule has 0 bridgehead atoms. The summed E-state index contributed by atoms with van der Waals surface area (Å²) in [5.74, 6) is -0.775. The normalized spacial score (nSPS) is 11.2. The zero-order valence-corrected chi connectivity index (χ0v) is 14.8. The first-order chi connectivity index (χ1) is 12.4. The van der Waals surface area contributed by atoms with Gasteiger partial charge in [-0.3, -0.25) is 9.52 Å². The fraction of sp³-hybridized carbons (Fsp3) is 0.0500. The number of para-hydroxylation sites is 1. The molecule has 0 saturated carbocycles. The topological polar surface area (TPSA) is 63.2 Å². The number of carbonyl (C=O) groups excluding carboxylic acids is 1. The molecule has 3 rings (SSSR count). The maximum Gasteiger partial charge on any atom is 0.261 e. The van der Waals surface area contributed by atoms with Crippen molar-refractivity contribution in [2.45, 2.75) is 11.8 Å². The van der Waals surface area contributed by atoms with E-state index in [-0.39, 0.29) is 27.5 Å². The minimum absolute atomic E-state index is 0.0710. The van der Waals surface area contributed by atoms with Gasteiger partial charge in [0.2, 0.25) is 0 Å². The highest BCUT2D eigenvalue weighted by atomic mass is 32.2. The van der Waals surface area contributed by atoms with E-state index in [0.29, 0.717) is 5.56 Å². The Bertz CT molecular complexity index is 1060. The van der Waals surface area contributed by atoms with E-state index < -0.39 is 15.8 Å². The van der Waals surface area contributed by atoms with Crippen molar-refractivity contribution in [1.82, 2.24) is 0 Å². The van der Waals surface area contributed by atoms with Crippen molar-refractivity contribution in [3.05, 3.63) is 95.3 Å². The summed E-state index contributed by atoms with van der Waals surface area (Å²) in [5.41, 5.74) is 1.09. The van der Waals surface area contributed by atoms with Gasteiger partial charge in [0, 0.05) is 11.1 Å². The monoisotopic (exact) mass is 369 g/mol. The molecular formula is C20H16FNO3S. The van der Waals surface area contributed by atoms with E-state index in [4.69, 9.17) is 0 Å². The second-order valence-electron chi connectivity index (χ2n) is 5.76. The summed E-state index contributed by atoms with van der Waals surface area (Å²) < 4.78 is 41.1. The van der Waals surface area contributed by atoms with Crippen LogP contribution in [0.15, 0.2) is 77.7 Å². The average Bonchev–Trinajstić information content (AvgIpc) is 2.64. The molecular weight excluding hydrogens is 353 g/mol. The van der Waals surface area contributed by atoms with Crippen LogP contribution in [0.5, 0.6) is 0 Å². The van der Waals surface area contributed by atoms with Gasteiger partial charge in [-0.25, -0.2) is 12.8 Å². The fourth-order valence-corrected chi connectivity index (χ4v) is 3.67. The lowest BCUT2D eigenvalue weighted by Crippen LogP contribution is -2.16. The van der Waals surface area contributed by atoms with Gasteiger partial charge in [0.1, 0.15) is 5.82 Å². The van der Waals surface area contributed by atoms with E-state index >= 15 is 0 Å². The fourth-order valence-electron chi connectivity index (χ4n) is 2.50. The van der Waals surface area contributed by atoms with Crippen molar-refractivity contribution < 1.29 is 17.6 Å². The molecule has 3 aromatic rings. The predicted molar refractivity (Wildman–Crippen MR) is 98.3 cm³/mol. The first-order valence-electron chi connectivity index (χ1n) is 7.86. The van der Waals surface area contributed by atoms with Crippen LogP contribution in [0.4, 0.5) is 10.1 Å². The quantitative estimate of drug-likeness (QED) is 0.687. The molecule has 0 aromatic heterocycles. The smallest absolute Gasteiger partial charge is 0.261 e. The Kier molecular flexibility index (Phi) is 4.86. The SMILES string of the molecule is Cc1cc(S(=O)(=O)Nc2ccccc2C(=O)c2ccccc2)ccc1F. The van der Waals surface area contributed by atoms with Crippen molar-refractivity contribution in [2.75, 3.05) is 4.72 Å². The van der Waals surface area contributed by atoms with Crippen LogP contribution in [-0.4, -0.2) is 14.2 Å². The molecule has 3 aromatic carbocycles. The second-order valence-corrected chi connectivity index (χ2v) is 7.44. The number of nitrogens with one attached hydrogen (secondary N) is 1. The van der Waals surface area contributed by atoms with Crippen LogP contribution in [0.1, 0.15) is 21.5 Å². The van der Waals surface area contributed by atoms with Gasteiger partial charge in [-0.15, -0.1) is 0 Å². The Morgan fingerprint density at radius 1 is 0.923 bits per heavy atom. The lowest BCUT2D eigenvalue weighted by molar-refractivity contribution is 0.103. The minimum Gasteiger partial charge on any atom is -0.289 e. The van der Waals surface area contributed by atoms with Crippen molar-refractivity contribution >= 4 is 21.5 Å². The number of benzene rings is 3. The predicted octanol–water partition coefficient (Wildman–Crippen LogP) is 4.17. The molecule has 0 unspecified atom stereocenters. The summed E-state index contributed by atoms with van der Waals surface area (Å²) in [6.07, 6.45) is 0. The van der Waals surface area contributed by atoms with Crippen LogP contribution in [0.25, 0.3) is 0 Å². The molecule has 0 aliphatic carbocycles. The van der Waals surface area contributed by atoms with Gasteiger partial charge in [0.25, 0.3) is 10.0 Å².